The standard InChI is InChI=1S/C12H19NO3/c1-11(2,3)16-10(15)12-6-4-5-9(7-14)13(12)8-12/h4-5,9,14H,6-8H2,1-3H3/t9-,12+,13?/m0/s1. The Bertz CT molecular complexity index is 332. The molecule has 0 bridgehead atoms. The van der Waals surface area contributed by atoms with Crippen LogP contribution in [0, 0.1) is 0 Å². The van der Waals surface area contributed by atoms with E-state index in [0.717, 1.165) is 0 Å². The number of carbonyl (C=O) groups is 1. The van der Waals surface area contributed by atoms with Crippen LogP contribution in [-0.4, -0.2) is 46.3 Å². The van der Waals surface area contributed by atoms with Crippen molar-refractivity contribution in [3.8, 4) is 0 Å². The maximum atomic E-state index is 12.1. The van der Waals surface area contributed by atoms with E-state index in [2.05, 4.69) is 0 Å². The van der Waals surface area contributed by atoms with E-state index >= 15 is 0 Å². The molecule has 16 heavy (non-hydrogen) atoms. The van der Waals surface area contributed by atoms with Gasteiger partial charge in [0, 0.05) is 6.54 Å². The van der Waals surface area contributed by atoms with E-state index < -0.39 is 11.1 Å². The molecule has 0 spiro atoms. The highest BCUT2D eigenvalue weighted by molar-refractivity contribution is 5.86. The number of rotatable bonds is 2. The molecular weight excluding hydrogens is 206 g/mol. The van der Waals surface area contributed by atoms with Crippen LogP contribution in [-0.2, 0) is 9.53 Å². The maximum Gasteiger partial charge on any atom is 0.328 e. The number of aliphatic hydroxyl groups excluding tert-OH is 1. The van der Waals surface area contributed by atoms with Gasteiger partial charge in [-0.05, 0) is 27.2 Å². The van der Waals surface area contributed by atoms with Gasteiger partial charge in [-0.15, -0.1) is 0 Å². The minimum Gasteiger partial charge on any atom is -0.459 e. The van der Waals surface area contributed by atoms with Crippen LogP contribution in [0.15, 0.2) is 12.2 Å². The Hall–Kier alpha value is -0.870. The molecule has 0 aromatic rings. The van der Waals surface area contributed by atoms with Gasteiger partial charge < -0.3 is 9.84 Å². The van der Waals surface area contributed by atoms with Crippen molar-refractivity contribution in [1.82, 2.24) is 4.90 Å². The lowest BCUT2D eigenvalue weighted by atomic mass is 10.0. The molecule has 3 atom stereocenters. The molecule has 2 heterocycles. The second kappa shape index (κ2) is 3.57. The van der Waals surface area contributed by atoms with Crippen LogP contribution >= 0.6 is 0 Å². The molecule has 0 saturated carbocycles. The van der Waals surface area contributed by atoms with Crippen molar-refractivity contribution in [3.63, 3.8) is 0 Å². The first kappa shape index (κ1) is 11.6. The van der Waals surface area contributed by atoms with E-state index in [1.165, 1.54) is 0 Å². The SMILES string of the molecule is CC(C)(C)OC(=O)[C@]12CC=C[C@@H](CO)N1C2. The van der Waals surface area contributed by atoms with Crippen molar-refractivity contribution >= 4 is 5.97 Å². The van der Waals surface area contributed by atoms with E-state index in [9.17, 15) is 9.90 Å². The quantitative estimate of drug-likeness (QED) is 0.427. The highest BCUT2D eigenvalue weighted by Crippen LogP contribution is 2.43. The van der Waals surface area contributed by atoms with Gasteiger partial charge in [-0.25, -0.2) is 4.79 Å². The molecule has 2 aliphatic heterocycles. The fourth-order valence-corrected chi connectivity index (χ4v) is 2.18. The fourth-order valence-electron chi connectivity index (χ4n) is 2.18. The van der Waals surface area contributed by atoms with Gasteiger partial charge in [-0.1, -0.05) is 12.2 Å². The molecule has 1 fully saturated rings. The van der Waals surface area contributed by atoms with Crippen LogP contribution in [0.4, 0.5) is 0 Å². The van der Waals surface area contributed by atoms with Crippen LogP contribution in [0.5, 0.6) is 0 Å². The average Bonchev–Trinajstić information content (AvgIpc) is 2.90. The zero-order valence-electron chi connectivity index (χ0n) is 10.1. The molecule has 2 rings (SSSR count). The van der Waals surface area contributed by atoms with Crippen LogP contribution in [0.1, 0.15) is 27.2 Å². The molecule has 0 aromatic carbocycles. The normalized spacial score (nSPS) is 36.8. The molecular formula is C12H19NO3. The van der Waals surface area contributed by atoms with E-state index in [-0.39, 0.29) is 18.6 Å². The van der Waals surface area contributed by atoms with Crippen molar-refractivity contribution in [2.24, 2.45) is 0 Å². The van der Waals surface area contributed by atoms with Crippen LogP contribution < -0.4 is 0 Å². The first-order valence-corrected chi connectivity index (χ1v) is 5.67. The first-order valence-electron chi connectivity index (χ1n) is 5.67. The largest absolute Gasteiger partial charge is 0.459 e. The molecule has 2 aliphatic rings. The molecule has 4 nitrogen and oxygen atoms in total. The zero-order chi connectivity index (χ0) is 12.0. The van der Waals surface area contributed by atoms with Gasteiger partial charge in [0.05, 0.1) is 12.6 Å². The van der Waals surface area contributed by atoms with Gasteiger partial charge in [-0.3, -0.25) is 4.90 Å². The Morgan fingerprint density at radius 3 is 2.88 bits per heavy atom. The minimum absolute atomic E-state index is 0.0266. The summed E-state index contributed by atoms with van der Waals surface area (Å²) in [4.78, 5) is 14.1. The van der Waals surface area contributed by atoms with Crippen LogP contribution in [0.3, 0.4) is 0 Å². The summed E-state index contributed by atoms with van der Waals surface area (Å²) in [5.41, 5.74) is -0.939. The van der Waals surface area contributed by atoms with Gasteiger partial charge in [0.25, 0.3) is 0 Å². The number of hydrogen-bond donors (Lipinski definition) is 1. The Morgan fingerprint density at radius 1 is 1.62 bits per heavy atom. The number of aliphatic hydroxyl groups is 1. The molecule has 0 aromatic heterocycles. The molecule has 4 heteroatoms. The Kier molecular flexibility index (Phi) is 2.59. The summed E-state index contributed by atoms with van der Waals surface area (Å²) >= 11 is 0. The predicted octanol–water partition coefficient (Wildman–Crippen LogP) is 0.703. The van der Waals surface area contributed by atoms with Crippen LogP contribution in [0.2, 0.25) is 0 Å². The lowest BCUT2D eigenvalue weighted by Crippen LogP contribution is -2.41. The Balaban J connectivity index is 2.07. The molecule has 90 valence electrons. The van der Waals surface area contributed by atoms with Crippen molar-refractivity contribution in [2.45, 2.75) is 44.4 Å². The number of ether oxygens (including phenoxy) is 1. The number of carbonyl (C=O) groups excluding carboxylic acids is 1. The molecule has 0 radical (unpaired) electrons. The van der Waals surface area contributed by atoms with E-state index in [4.69, 9.17) is 4.74 Å². The average molecular weight is 225 g/mol. The summed E-state index contributed by atoms with van der Waals surface area (Å²) < 4.78 is 5.42. The number of hydrogen-bond acceptors (Lipinski definition) is 4. The van der Waals surface area contributed by atoms with E-state index in [1.54, 1.807) is 0 Å². The molecule has 1 unspecified atom stereocenters. The number of nitrogens with zero attached hydrogens (tertiary/aromatic N) is 1. The second-order valence-corrected chi connectivity index (χ2v) is 5.54. The predicted molar refractivity (Wildman–Crippen MR) is 59.9 cm³/mol. The third-order valence-corrected chi connectivity index (χ3v) is 3.06. The smallest absolute Gasteiger partial charge is 0.328 e. The van der Waals surface area contributed by atoms with Gasteiger partial charge in [0.15, 0.2) is 0 Å². The minimum atomic E-state index is -0.491. The summed E-state index contributed by atoms with van der Waals surface area (Å²) in [6, 6.07) is -0.0266. The Labute approximate surface area is 95.9 Å². The third kappa shape index (κ3) is 1.87. The maximum absolute atomic E-state index is 12.1. The highest BCUT2D eigenvalue weighted by atomic mass is 16.6. The summed E-state index contributed by atoms with van der Waals surface area (Å²) in [5, 5.41) is 9.17. The topological polar surface area (TPSA) is 49.5 Å². The van der Waals surface area contributed by atoms with Crippen molar-refractivity contribution in [2.75, 3.05) is 13.2 Å². The van der Waals surface area contributed by atoms with E-state index in [0.29, 0.717) is 13.0 Å². The van der Waals surface area contributed by atoms with Gasteiger partial charge in [-0.2, -0.15) is 0 Å². The monoisotopic (exact) mass is 225 g/mol. The lowest BCUT2D eigenvalue weighted by Gasteiger charge is -2.27. The van der Waals surface area contributed by atoms with Crippen molar-refractivity contribution < 1.29 is 14.6 Å². The van der Waals surface area contributed by atoms with Crippen molar-refractivity contribution in [3.05, 3.63) is 12.2 Å². The van der Waals surface area contributed by atoms with E-state index in [1.807, 2.05) is 37.8 Å². The first-order chi connectivity index (χ1) is 7.39. The molecule has 1 N–H and O–H groups in total. The van der Waals surface area contributed by atoms with Gasteiger partial charge >= 0.3 is 5.97 Å². The van der Waals surface area contributed by atoms with Gasteiger partial charge in [0.2, 0.25) is 0 Å². The lowest BCUT2D eigenvalue weighted by molar-refractivity contribution is -0.159. The highest BCUT2D eigenvalue weighted by Gasteiger charge is 2.62. The summed E-state index contributed by atoms with van der Waals surface area (Å²) in [5.74, 6) is -0.164. The summed E-state index contributed by atoms with van der Waals surface area (Å²) in [7, 11) is 0. The fraction of sp³-hybridized carbons (Fsp3) is 0.750. The Morgan fingerprint density at radius 2 is 2.31 bits per heavy atom. The van der Waals surface area contributed by atoms with Crippen molar-refractivity contribution in [1.29, 1.82) is 0 Å². The molecule has 0 aliphatic carbocycles. The zero-order valence-corrected chi connectivity index (χ0v) is 10.1. The number of esters is 1. The van der Waals surface area contributed by atoms with Crippen LogP contribution in [0.25, 0.3) is 0 Å². The third-order valence-electron chi connectivity index (χ3n) is 3.06. The van der Waals surface area contributed by atoms with Gasteiger partial charge in [0.1, 0.15) is 11.1 Å². The summed E-state index contributed by atoms with van der Waals surface area (Å²) in [6.45, 7) is 6.37. The molecule has 0 amide bonds. The second-order valence-electron chi connectivity index (χ2n) is 5.54. The number of fused-ring (bicyclic) bond motifs is 1. The summed E-state index contributed by atoms with van der Waals surface area (Å²) in [6.07, 6.45) is 4.61. The molecule has 1 saturated heterocycles.